The lowest BCUT2D eigenvalue weighted by Gasteiger charge is -2.30. The first-order chi connectivity index (χ1) is 13.0. The number of nitrogens with zero attached hydrogens (tertiary/aromatic N) is 1. The van der Waals surface area contributed by atoms with Crippen molar-refractivity contribution in [3.8, 4) is 0 Å². The molecule has 1 saturated carbocycles. The maximum absolute atomic E-state index is 12.9. The zero-order valence-electron chi connectivity index (χ0n) is 15.4. The van der Waals surface area contributed by atoms with Gasteiger partial charge in [-0.2, -0.15) is 0 Å². The Morgan fingerprint density at radius 1 is 1.15 bits per heavy atom. The molecular formula is C20H26N4O3. The molecule has 4 N–H and O–H groups in total. The summed E-state index contributed by atoms with van der Waals surface area (Å²) in [6.45, 7) is 1.08. The van der Waals surface area contributed by atoms with Crippen LogP contribution in [0.15, 0.2) is 18.2 Å². The largest absolute Gasteiger partial charge is 0.326 e. The zero-order valence-corrected chi connectivity index (χ0v) is 15.4. The van der Waals surface area contributed by atoms with Crippen LogP contribution in [0.4, 0.5) is 0 Å². The van der Waals surface area contributed by atoms with E-state index in [9.17, 15) is 14.4 Å². The Hall–Kier alpha value is -2.25. The Morgan fingerprint density at radius 3 is 2.74 bits per heavy atom. The molecule has 3 amide bonds. The van der Waals surface area contributed by atoms with Crippen molar-refractivity contribution in [3.05, 3.63) is 34.9 Å². The molecule has 2 aliphatic heterocycles. The first kappa shape index (κ1) is 18.1. The van der Waals surface area contributed by atoms with Crippen molar-refractivity contribution in [1.82, 2.24) is 15.5 Å². The van der Waals surface area contributed by atoms with E-state index < -0.39 is 6.04 Å². The van der Waals surface area contributed by atoms with Crippen LogP contribution in [0.3, 0.4) is 0 Å². The molecule has 2 fully saturated rings. The number of imide groups is 1. The average molecular weight is 370 g/mol. The van der Waals surface area contributed by atoms with Gasteiger partial charge in [0.1, 0.15) is 6.04 Å². The van der Waals surface area contributed by atoms with Crippen LogP contribution < -0.4 is 16.4 Å². The average Bonchev–Trinajstić information content (AvgIpc) is 2.98. The number of carbonyl (C=O) groups is 3. The van der Waals surface area contributed by atoms with Crippen LogP contribution in [-0.4, -0.2) is 40.7 Å². The molecule has 1 aliphatic carbocycles. The topological polar surface area (TPSA) is 105 Å². The Morgan fingerprint density at radius 2 is 1.96 bits per heavy atom. The minimum absolute atomic E-state index is 0.129. The Kier molecular flexibility index (Phi) is 4.97. The number of carbonyl (C=O) groups excluding carboxylic acids is 3. The van der Waals surface area contributed by atoms with Crippen LogP contribution in [0.2, 0.25) is 0 Å². The van der Waals surface area contributed by atoms with Crippen molar-refractivity contribution in [3.63, 3.8) is 0 Å². The highest BCUT2D eigenvalue weighted by Crippen LogP contribution is 2.30. The molecule has 0 radical (unpaired) electrons. The fourth-order valence-corrected chi connectivity index (χ4v) is 4.47. The molecule has 0 bridgehead atoms. The molecule has 144 valence electrons. The van der Waals surface area contributed by atoms with Crippen LogP contribution >= 0.6 is 0 Å². The number of nitrogens with one attached hydrogen (secondary N) is 2. The lowest BCUT2D eigenvalue weighted by atomic mass is 9.90. The molecule has 0 aromatic heterocycles. The minimum atomic E-state index is -0.574. The van der Waals surface area contributed by atoms with E-state index >= 15 is 0 Å². The smallest absolute Gasteiger partial charge is 0.255 e. The molecular weight excluding hydrogens is 344 g/mol. The molecule has 3 atom stereocenters. The van der Waals surface area contributed by atoms with Gasteiger partial charge in [0.25, 0.3) is 5.91 Å². The predicted octanol–water partition coefficient (Wildman–Crippen LogP) is 0.807. The van der Waals surface area contributed by atoms with Crippen LogP contribution in [0.25, 0.3) is 0 Å². The van der Waals surface area contributed by atoms with Gasteiger partial charge in [0.05, 0.1) is 0 Å². The second kappa shape index (κ2) is 7.40. The standard InChI is InChI=1S/C20H26N4O3/c21-15-6-1-2-7-16(15)22-10-12-4-3-5-13-14(12)11-24(20(13)27)17-8-9-18(25)23-19(17)26/h3-5,15-17,22H,1-2,6-11,21H2,(H,23,25,26)/t15-,16-,17?/m1/s1. The molecule has 0 spiro atoms. The van der Waals surface area contributed by atoms with Gasteiger partial charge < -0.3 is 16.0 Å². The lowest BCUT2D eigenvalue weighted by Crippen LogP contribution is -2.52. The first-order valence-electron chi connectivity index (χ1n) is 9.79. The summed E-state index contributed by atoms with van der Waals surface area (Å²) in [5.74, 6) is -0.773. The predicted molar refractivity (Wildman–Crippen MR) is 99.6 cm³/mol. The van der Waals surface area contributed by atoms with Crippen molar-refractivity contribution in [2.75, 3.05) is 0 Å². The van der Waals surface area contributed by atoms with E-state index in [-0.39, 0.29) is 30.2 Å². The molecule has 1 aromatic carbocycles. The summed E-state index contributed by atoms with van der Waals surface area (Å²) in [6, 6.07) is 5.65. The molecule has 1 unspecified atom stereocenters. The summed E-state index contributed by atoms with van der Waals surface area (Å²) >= 11 is 0. The van der Waals surface area contributed by atoms with Gasteiger partial charge in [-0.3, -0.25) is 19.7 Å². The highest BCUT2D eigenvalue weighted by atomic mass is 16.2. The minimum Gasteiger partial charge on any atom is -0.326 e. The van der Waals surface area contributed by atoms with Gasteiger partial charge in [0.2, 0.25) is 11.8 Å². The molecule has 7 nitrogen and oxygen atoms in total. The monoisotopic (exact) mass is 370 g/mol. The maximum Gasteiger partial charge on any atom is 0.255 e. The number of hydrogen-bond acceptors (Lipinski definition) is 5. The Balaban J connectivity index is 1.49. The van der Waals surface area contributed by atoms with Crippen molar-refractivity contribution in [2.45, 2.75) is 69.7 Å². The molecule has 1 aromatic rings. The molecule has 4 rings (SSSR count). The number of fused-ring (bicyclic) bond motifs is 1. The SMILES string of the molecule is N[C@@H]1CCCC[C@H]1NCc1cccc2c1CN(C1CCC(=O)NC1=O)C2=O. The van der Waals surface area contributed by atoms with Crippen molar-refractivity contribution < 1.29 is 14.4 Å². The van der Waals surface area contributed by atoms with Gasteiger partial charge >= 0.3 is 0 Å². The normalized spacial score (nSPS) is 28.3. The van der Waals surface area contributed by atoms with Crippen molar-refractivity contribution in [1.29, 1.82) is 0 Å². The van der Waals surface area contributed by atoms with Gasteiger partial charge in [-0.1, -0.05) is 25.0 Å². The van der Waals surface area contributed by atoms with Crippen molar-refractivity contribution >= 4 is 17.7 Å². The van der Waals surface area contributed by atoms with E-state index in [0.29, 0.717) is 31.1 Å². The van der Waals surface area contributed by atoms with E-state index in [2.05, 4.69) is 10.6 Å². The molecule has 1 saturated heterocycles. The summed E-state index contributed by atoms with van der Waals surface area (Å²) in [5.41, 5.74) is 8.94. The lowest BCUT2D eigenvalue weighted by molar-refractivity contribution is -0.136. The summed E-state index contributed by atoms with van der Waals surface area (Å²) in [6.07, 6.45) is 5.17. The van der Waals surface area contributed by atoms with Gasteiger partial charge in [0, 0.05) is 37.2 Å². The molecule has 3 aliphatic rings. The van der Waals surface area contributed by atoms with Crippen LogP contribution in [-0.2, 0) is 22.7 Å². The highest BCUT2D eigenvalue weighted by Gasteiger charge is 2.39. The quantitative estimate of drug-likeness (QED) is 0.680. The Labute approximate surface area is 158 Å². The van der Waals surface area contributed by atoms with Gasteiger partial charge in [-0.15, -0.1) is 0 Å². The number of benzene rings is 1. The number of rotatable bonds is 4. The highest BCUT2D eigenvalue weighted by molar-refractivity contribution is 6.05. The fourth-order valence-electron chi connectivity index (χ4n) is 4.47. The van der Waals surface area contributed by atoms with Gasteiger partial charge in [0.15, 0.2) is 0 Å². The van der Waals surface area contributed by atoms with E-state index in [1.165, 1.54) is 12.8 Å². The van der Waals surface area contributed by atoms with Crippen LogP contribution in [0.5, 0.6) is 0 Å². The zero-order chi connectivity index (χ0) is 19.0. The van der Waals surface area contributed by atoms with Crippen molar-refractivity contribution in [2.24, 2.45) is 5.73 Å². The molecule has 2 heterocycles. The summed E-state index contributed by atoms with van der Waals surface area (Å²) < 4.78 is 0. The summed E-state index contributed by atoms with van der Waals surface area (Å²) in [4.78, 5) is 38.0. The molecule has 7 heteroatoms. The van der Waals surface area contributed by atoms with E-state index in [1.807, 2.05) is 18.2 Å². The number of amides is 3. The van der Waals surface area contributed by atoms with Crippen LogP contribution in [0.1, 0.15) is 60.0 Å². The second-order valence-corrected chi connectivity index (χ2v) is 7.78. The maximum atomic E-state index is 12.9. The van der Waals surface area contributed by atoms with E-state index in [1.54, 1.807) is 4.90 Å². The number of piperidine rings is 1. The summed E-state index contributed by atoms with van der Waals surface area (Å²) in [7, 11) is 0. The fraction of sp³-hybridized carbons (Fsp3) is 0.550. The van der Waals surface area contributed by atoms with E-state index in [0.717, 1.165) is 24.0 Å². The van der Waals surface area contributed by atoms with Crippen LogP contribution in [0, 0.1) is 0 Å². The van der Waals surface area contributed by atoms with Gasteiger partial charge in [-0.05, 0) is 36.5 Å². The number of nitrogens with two attached hydrogens (primary N) is 1. The van der Waals surface area contributed by atoms with Gasteiger partial charge in [-0.25, -0.2) is 0 Å². The Bertz CT molecular complexity index is 778. The summed E-state index contributed by atoms with van der Waals surface area (Å²) in [5, 5.41) is 5.91. The third-order valence-electron chi connectivity index (χ3n) is 6.05. The molecule has 27 heavy (non-hydrogen) atoms. The third kappa shape index (κ3) is 3.49. The third-order valence-corrected chi connectivity index (χ3v) is 6.05. The number of hydrogen-bond donors (Lipinski definition) is 3. The first-order valence-corrected chi connectivity index (χ1v) is 9.79. The second-order valence-electron chi connectivity index (χ2n) is 7.78. The van der Waals surface area contributed by atoms with E-state index in [4.69, 9.17) is 5.73 Å².